The predicted molar refractivity (Wildman–Crippen MR) is 81.0 cm³/mol. The Morgan fingerprint density at radius 2 is 2.00 bits per heavy atom. The maximum atomic E-state index is 6.02. The average Bonchev–Trinajstić information content (AvgIpc) is 2.88. The summed E-state index contributed by atoms with van der Waals surface area (Å²) >= 11 is 0. The summed E-state index contributed by atoms with van der Waals surface area (Å²) in [7, 11) is 0. The van der Waals surface area contributed by atoms with Crippen molar-refractivity contribution in [3.05, 3.63) is 48.0 Å². The first-order valence-corrected chi connectivity index (χ1v) is 7.18. The van der Waals surface area contributed by atoms with E-state index in [4.69, 9.17) is 5.73 Å². The Balaban J connectivity index is 1.79. The highest BCUT2D eigenvalue weighted by Gasteiger charge is 2.25. The van der Waals surface area contributed by atoms with E-state index in [1.807, 2.05) is 0 Å². The largest absolute Gasteiger partial charge is 0.328 e. The van der Waals surface area contributed by atoms with Crippen molar-refractivity contribution in [3.8, 4) is 0 Å². The van der Waals surface area contributed by atoms with Crippen LogP contribution >= 0.6 is 0 Å². The second-order valence-electron chi connectivity index (χ2n) is 5.78. The minimum absolute atomic E-state index is 0.317. The van der Waals surface area contributed by atoms with Gasteiger partial charge in [0.1, 0.15) is 0 Å². The Morgan fingerprint density at radius 3 is 2.79 bits per heavy atom. The third-order valence-corrected chi connectivity index (χ3v) is 4.33. The smallest absolute Gasteiger partial charge is 0.0240 e. The monoisotopic (exact) mass is 254 g/mol. The molecule has 1 aliphatic rings. The molecular formula is C17H22N2. The lowest BCUT2D eigenvalue weighted by atomic mass is 10.0. The summed E-state index contributed by atoms with van der Waals surface area (Å²) in [6, 6.07) is 15.6. The number of likely N-dealkylation sites (tertiary alicyclic amines) is 1. The molecule has 2 atom stereocenters. The quantitative estimate of drug-likeness (QED) is 0.912. The van der Waals surface area contributed by atoms with Gasteiger partial charge < -0.3 is 5.73 Å². The van der Waals surface area contributed by atoms with E-state index in [2.05, 4.69) is 54.3 Å². The SMILES string of the molecule is CC(N)C1CCN(Cc2cccc3ccccc23)C1. The van der Waals surface area contributed by atoms with Crippen molar-refractivity contribution in [1.82, 2.24) is 4.90 Å². The predicted octanol–water partition coefficient (Wildman–Crippen LogP) is 3.01. The number of benzene rings is 2. The summed E-state index contributed by atoms with van der Waals surface area (Å²) in [6.45, 7) is 5.49. The maximum Gasteiger partial charge on any atom is 0.0240 e. The van der Waals surface area contributed by atoms with Crippen molar-refractivity contribution < 1.29 is 0 Å². The second kappa shape index (κ2) is 5.32. The average molecular weight is 254 g/mol. The molecule has 0 aliphatic carbocycles. The Hall–Kier alpha value is -1.38. The first kappa shape index (κ1) is 12.6. The number of nitrogens with zero attached hydrogens (tertiary/aromatic N) is 1. The molecule has 1 aliphatic heterocycles. The highest BCUT2D eigenvalue weighted by molar-refractivity contribution is 5.85. The zero-order valence-electron chi connectivity index (χ0n) is 11.5. The first-order chi connectivity index (χ1) is 9.24. The van der Waals surface area contributed by atoms with E-state index < -0.39 is 0 Å². The molecule has 0 amide bonds. The minimum Gasteiger partial charge on any atom is -0.328 e. The molecule has 3 rings (SSSR count). The number of hydrogen-bond acceptors (Lipinski definition) is 2. The molecule has 0 spiro atoms. The lowest BCUT2D eigenvalue weighted by Crippen LogP contribution is -2.29. The van der Waals surface area contributed by atoms with Crippen molar-refractivity contribution in [2.24, 2.45) is 11.7 Å². The van der Waals surface area contributed by atoms with Gasteiger partial charge in [0.25, 0.3) is 0 Å². The molecule has 19 heavy (non-hydrogen) atoms. The highest BCUT2D eigenvalue weighted by Crippen LogP contribution is 2.24. The number of hydrogen-bond donors (Lipinski definition) is 1. The van der Waals surface area contributed by atoms with Gasteiger partial charge >= 0.3 is 0 Å². The van der Waals surface area contributed by atoms with Crippen molar-refractivity contribution in [3.63, 3.8) is 0 Å². The molecule has 2 nitrogen and oxygen atoms in total. The molecule has 2 aromatic carbocycles. The summed E-state index contributed by atoms with van der Waals surface area (Å²) in [6.07, 6.45) is 1.24. The fourth-order valence-electron chi connectivity index (χ4n) is 3.11. The van der Waals surface area contributed by atoms with Crippen LogP contribution in [0.1, 0.15) is 18.9 Å². The van der Waals surface area contributed by atoms with Gasteiger partial charge in [0.15, 0.2) is 0 Å². The topological polar surface area (TPSA) is 29.3 Å². The molecule has 0 radical (unpaired) electrons. The van der Waals surface area contributed by atoms with E-state index in [0.29, 0.717) is 12.0 Å². The normalized spacial score (nSPS) is 21.9. The molecule has 2 heteroatoms. The summed E-state index contributed by atoms with van der Waals surface area (Å²) in [5.41, 5.74) is 7.45. The van der Waals surface area contributed by atoms with Gasteiger partial charge in [-0.25, -0.2) is 0 Å². The molecule has 0 aromatic heterocycles. The number of nitrogens with two attached hydrogens (primary N) is 1. The van der Waals surface area contributed by atoms with Crippen LogP contribution in [0, 0.1) is 5.92 Å². The molecular weight excluding hydrogens is 232 g/mol. The van der Waals surface area contributed by atoms with Gasteiger partial charge in [-0.1, -0.05) is 42.5 Å². The van der Waals surface area contributed by atoms with Gasteiger partial charge in [0.05, 0.1) is 0 Å². The minimum atomic E-state index is 0.317. The van der Waals surface area contributed by atoms with Crippen LogP contribution in [0.3, 0.4) is 0 Å². The Kier molecular flexibility index (Phi) is 3.54. The zero-order chi connectivity index (χ0) is 13.2. The summed E-state index contributed by atoms with van der Waals surface area (Å²) in [4.78, 5) is 2.54. The van der Waals surface area contributed by atoms with Crippen LogP contribution in [0.4, 0.5) is 0 Å². The molecule has 1 saturated heterocycles. The summed E-state index contributed by atoms with van der Waals surface area (Å²) in [5.74, 6) is 0.662. The molecule has 2 unspecified atom stereocenters. The van der Waals surface area contributed by atoms with E-state index in [-0.39, 0.29) is 0 Å². The van der Waals surface area contributed by atoms with Gasteiger partial charge in [0, 0.05) is 19.1 Å². The fraction of sp³-hybridized carbons (Fsp3) is 0.412. The zero-order valence-corrected chi connectivity index (χ0v) is 11.5. The third kappa shape index (κ3) is 2.65. The Labute approximate surface area is 115 Å². The molecule has 0 bridgehead atoms. The van der Waals surface area contributed by atoms with Crippen LogP contribution < -0.4 is 5.73 Å². The van der Waals surface area contributed by atoms with E-state index in [9.17, 15) is 0 Å². The lowest BCUT2D eigenvalue weighted by Gasteiger charge is -2.18. The van der Waals surface area contributed by atoms with Gasteiger partial charge in [0.2, 0.25) is 0 Å². The van der Waals surface area contributed by atoms with Gasteiger partial charge in [-0.05, 0) is 42.1 Å². The molecule has 0 saturated carbocycles. The van der Waals surface area contributed by atoms with E-state index in [1.165, 1.54) is 29.3 Å². The van der Waals surface area contributed by atoms with Crippen LogP contribution in [-0.4, -0.2) is 24.0 Å². The van der Waals surface area contributed by atoms with Crippen LogP contribution in [0.15, 0.2) is 42.5 Å². The van der Waals surface area contributed by atoms with Crippen molar-refractivity contribution in [2.45, 2.75) is 25.9 Å². The van der Waals surface area contributed by atoms with E-state index >= 15 is 0 Å². The molecule has 2 aromatic rings. The van der Waals surface area contributed by atoms with Crippen molar-refractivity contribution >= 4 is 10.8 Å². The Morgan fingerprint density at radius 1 is 1.21 bits per heavy atom. The van der Waals surface area contributed by atoms with Gasteiger partial charge in [-0.15, -0.1) is 0 Å². The summed E-state index contributed by atoms with van der Waals surface area (Å²) in [5, 5.41) is 2.72. The number of fused-ring (bicyclic) bond motifs is 1. The summed E-state index contributed by atoms with van der Waals surface area (Å²) < 4.78 is 0. The van der Waals surface area contributed by atoms with Crippen LogP contribution in [0.2, 0.25) is 0 Å². The second-order valence-corrected chi connectivity index (χ2v) is 5.78. The van der Waals surface area contributed by atoms with Crippen LogP contribution in [-0.2, 0) is 6.54 Å². The molecule has 2 N–H and O–H groups in total. The molecule has 1 fully saturated rings. The number of rotatable bonds is 3. The first-order valence-electron chi connectivity index (χ1n) is 7.18. The third-order valence-electron chi connectivity index (χ3n) is 4.33. The Bertz CT molecular complexity index is 557. The van der Waals surface area contributed by atoms with E-state index in [1.54, 1.807) is 0 Å². The lowest BCUT2D eigenvalue weighted by molar-refractivity contribution is 0.309. The molecule has 100 valence electrons. The van der Waals surface area contributed by atoms with Gasteiger partial charge in [-0.2, -0.15) is 0 Å². The van der Waals surface area contributed by atoms with Crippen molar-refractivity contribution in [1.29, 1.82) is 0 Å². The van der Waals surface area contributed by atoms with Crippen molar-refractivity contribution in [2.75, 3.05) is 13.1 Å². The molecule has 1 heterocycles. The van der Waals surface area contributed by atoms with E-state index in [0.717, 1.165) is 13.1 Å². The van der Waals surface area contributed by atoms with Gasteiger partial charge in [-0.3, -0.25) is 4.90 Å². The fourth-order valence-corrected chi connectivity index (χ4v) is 3.11. The van der Waals surface area contributed by atoms with Crippen LogP contribution in [0.25, 0.3) is 10.8 Å². The maximum absolute atomic E-state index is 6.02. The standard InChI is InChI=1S/C17H22N2/c1-13(18)15-9-10-19(11-15)12-16-7-4-6-14-5-2-3-8-17(14)16/h2-8,13,15H,9-12,18H2,1H3. The highest BCUT2D eigenvalue weighted by atomic mass is 15.1. The van der Waals surface area contributed by atoms with Crippen LogP contribution in [0.5, 0.6) is 0 Å².